The number of carbonyl (C=O) groups excluding carboxylic acids is 6. The smallest absolute Gasteiger partial charge is 0.426 e. The summed E-state index contributed by atoms with van der Waals surface area (Å²) in [4.78, 5) is 88.8. The van der Waals surface area contributed by atoms with E-state index in [9.17, 15) is 33.9 Å². The summed E-state index contributed by atoms with van der Waals surface area (Å²) in [5.74, 6) is -2.80. The van der Waals surface area contributed by atoms with Crippen molar-refractivity contribution in [1.29, 1.82) is 0 Å². The first-order valence-electron chi connectivity index (χ1n) is 22.8. The Hall–Kier alpha value is -4.57. The number of Topliss-reactive ketones (excluding diaryl/α,β-unsaturated/α-hetero) is 1. The molecule has 0 radical (unpaired) electrons. The normalized spacial score (nSPS) is 17.2. The van der Waals surface area contributed by atoms with Crippen molar-refractivity contribution >= 4 is 46.9 Å². The van der Waals surface area contributed by atoms with Gasteiger partial charge < -0.3 is 24.8 Å². The fourth-order valence-corrected chi connectivity index (χ4v) is 8.80. The molecule has 4 N–H and O–H groups in total. The van der Waals surface area contributed by atoms with Gasteiger partial charge in [0.2, 0.25) is 11.8 Å². The van der Waals surface area contributed by atoms with Crippen LogP contribution in [0.15, 0.2) is 29.6 Å². The number of nitrogens with one attached hydrogen (secondary N) is 3. The molecule has 4 amide bonds. The van der Waals surface area contributed by atoms with Gasteiger partial charge in [0.1, 0.15) is 11.4 Å². The summed E-state index contributed by atoms with van der Waals surface area (Å²) in [7, 11) is 1.97. The number of likely N-dealkylation sites (N-methyl/N-ethyl adjacent to an activating group) is 1. The summed E-state index contributed by atoms with van der Waals surface area (Å²) in [5, 5.41) is 15.3. The fourth-order valence-electron chi connectivity index (χ4n) is 7.93. The molecule has 0 aliphatic carbocycles. The van der Waals surface area contributed by atoms with Gasteiger partial charge in [0, 0.05) is 48.1 Å². The zero-order valence-corrected chi connectivity index (χ0v) is 40.1. The number of hydrogen-bond donors (Lipinski definition) is 4. The number of carbonyl (C=O) groups is 6. The molecule has 1 fully saturated rings. The van der Waals surface area contributed by atoms with E-state index in [1.807, 2.05) is 62.4 Å². The number of esters is 1. The first kappa shape index (κ1) is 52.8. The van der Waals surface area contributed by atoms with Gasteiger partial charge in [-0.15, -0.1) is 11.3 Å². The van der Waals surface area contributed by atoms with Crippen LogP contribution in [0.4, 0.5) is 4.79 Å². The maximum Gasteiger partial charge on any atom is 0.426 e. The van der Waals surface area contributed by atoms with E-state index in [0.29, 0.717) is 30.7 Å². The number of benzene rings is 1. The number of hydrazine groups is 1. The lowest BCUT2D eigenvalue weighted by Crippen LogP contribution is -2.50. The molecule has 63 heavy (non-hydrogen) atoms. The van der Waals surface area contributed by atoms with Gasteiger partial charge in [-0.2, -0.15) is 0 Å². The quantitative estimate of drug-likeness (QED) is 0.0466. The fraction of sp³-hybridized carbons (Fsp3) is 0.681. The molecule has 2 heterocycles. The van der Waals surface area contributed by atoms with Crippen LogP contribution in [0.1, 0.15) is 147 Å². The monoisotopic (exact) mass is 899 g/mol. The molecule has 16 heteroatoms. The molecule has 7 atom stereocenters. The van der Waals surface area contributed by atoms with Crippen LogP contribution in [0, 0.1) is 29.6 Å². The third-order valence-corrected chi connectivity index (χ3v) is 13.0. The van der Waals surface area contributed by atoms with Crippen molar-refractivity contribution in [1.82, 2.24) is 31.0 Å². The maximum atomic E-state index is 14.9. The second-order valence-corrected chi connectivity index (χ2v) is 19.0. The number of likely N-dealkylation sites (tertiary alicyclic amines) is 1. The maximum absolute atomic E-state index is 14.9. The Morgan fingerprint density at radius 3 is 2.25 bits per heavy atom. The first-order valence-corrected chi connectivity index (χ1v) is 23.7. The van der Waals surface area contributed by atoms with Crippen LogP contribution in [0.3, 0.4) is 0 Å². The molecular weight excluding hydrogens is 825 g/mol. The molecular formula is C47H74N6O9S. The highest BCUT2D eigenvalue weighted by Crippen LogP contribution is 2.33. The average Bonchev–Trinajstić information content (AvgIpc) is 3.75. The van der Waals surface area contributed by atoms with E-state index in [4.69, 9.17) is 14.5 Å². The molecule has 15 nitrogen and oxygen atoms in total. The molecule has 1 saturated heterocycles. The molecule has 1 aliphatic rings. The van der Waals surface area contributed by atoms with Crippen LogP contribution < -0.4 is 16.2 Å². The number of aromatic hydroxyl groups is 1. The summed E-state index contributed by atoms with van der Waals surface area (Å²) in [5.41, 5.74) is 5.66. The van der Waals surface area contributed by atoms with Gasteiger partial charge in [-0.25, -0.2) is 15.2 Å². The number of piperidine rings is 1. The molecule has 2 aromatic rings. The van der Waals surface area contributed by atoms with Gasteiger partial charge in [-0.05, 0) is 87.6 Å². The van der Waals surface area contributed by atoms with Crippen LogP contribution in [0.5, 0.6) is 5.75 Å². The molecule has 3 rings (SSSR count). The van der Waals surface area contributed by atoms with Gasteiger partial charge in [-0.1, -0.05) is 87.3 Å². The van der Waals surface area contributed by atoms with Crippen molar-refractivity contribution in [2.75, 3.05) is 26.9 Å². The highest BCUT2D eigenvalue weighted by molar-refractivity contribution is 7.09. The number of aromatic nitrogens is 1. The average molecular weight is 899 g/mol. The van der Waals surface area contributed by atoms with E-state index in [2.05, 4.69) is 21.1 Å². The van der Waals surface area contributed by atoms with Crippen LogP contribution in [0.25, 0.3) is 0 Å². The van der Waals surface area contributed by atoms with Crippen LogP contribution in [-0.2, 0) is 35.1 Å². The minimum Gasteiger partial charge on any atom is -0.508 e. The molecule has 1 aromatic carbocycles. The van der Waals surface area contributed by atoms with Crippen LogP contribution >= 0.6 is 11.3 Å². The van der Waals surface area contributed by atoms with Crippen molar-refractivity contribution in [3.8, 4) is 5.75 Å². The molecule has 0 bridgehead atoms. The number of hydrogen-bond acceptors (Lipinski definition) is 12. The number of amides is 4. The standard InChI is InChI=1S/C47H74N6O9S/c1-11-21-61-47(60)51-50-43(57)32(8)23-35(25-34-16-18-36(54)19-17-34)48-44(58)38-27-63-45(49-38)33(9)24-40(30(5)6)53(28-62-42(56)22-29(3)4)46(59)37(31(7)12-2)26-41(55)39-15-13-14-20-52(39)10/h16-19,27,29-33,35,37,39-40,54H,11-15,20-26,28H2,1-10H3,(H,48,58)(H,50,57)(H,51,60)/t31?,32-,33+,35+,37-,39+,40+/m0/s1. The predicted molar refractivity (Wildman–Crippen MR) is 244 cm³/mol. The highest BCUT2D eigenvalue weighted by atomic mass is 32.1. The molecule has 1 aliphatic heterocycles. The van der Waals surface area contributed by atoms with E-state index in [-0.39, 0.29) is 91.5 Å². The second kappa shape index (κ2) is 26.3. The van der Waals surface area contributed by atoms with Gasteiger partial charge >= 0.3 is 12.1 Å². The third kappa shape index (κ3) is 17.2. The van der Waals surface area contributed by atoms with E-state index < -0.39 is 41.8 Å². The summed E-state index contributed by atoms with van der Waals surface area (Å²) >= 11 is 1.34. The number of phenols is 1. The number of ketones is 1. The Morgan fingerprint density at radius 2 is 1.63 bits per heavy atom. The van der Waals surface area contributed by atoms with Gasteiger partial charge in [0.25, 0.3) is 5.91 Å². The SMILES string of the molecule is CCCOC(=O)NNC(=O)[C@@H](C)C[C@H](Cc1ccc(O)cc1)NC(=O)c1csc([C@H](C)C[C@H](C(C)C)N(COC(=O)CC(C)C)C(=O)[C@@H](CC(=O)[C@H]2CCCCN2C)C(C)CC)n1. The minimum absolute atomic E-state index is 0.0577. The number of thiazole rings is 1. The van der Waals surface area contributed by atoms with Gasteiger partial charge in [0.05, 0.1) is 17.7 Å². The number of phenolic OH excluding ortho intramolecular Hbond substituents is 1. The van der Waals surface area contributed by atoms with Crippen molar-refractivity contribution in [2.45, 2.75) is 151 Å². The second-order valence-electron chi connectivity index (χ2n) is 18.2. The number of ether oxygens (including phenoxy) is 2. The zero-order valence-electron chi connectivity index (χ0n) is 39.2. The zero-order chi connectivity index (χ0) is 46.8. The highest BCUT2D eigenvalue weighted by Gasteiger charge is 2.39. The Bertz CT molecular complexity index is 1790. The number of nitrogens with zero attached hydrogens (tertiary/aromatic N) is 3. The largest absolute Gasteiger partial charge is 0.508 e. The Morgan fingerprint density at radius 1 is 0.937 bits per heavy atom. The van der Waals surface area contributed by atoms with E-state index in [1.165, 1.54) is 11.3 Å². The molecule has 0 spiro atoms. The predicted octanol–water partition coefficient (Wildman–Crippen LogP) is 7.38. The molecule has 1 unspecified atom stereocenters. The minimum atomic E-state index is -0.770. The van der Waals surface area contributed by atoms with Crippen molar-refractivity contribution in [3.63, 3.8) is 0 Å². The Balaban J connectivity index is 1.84. The van der Waals surface area contributed by atoms with E-state index in [0.717, 1.165) is 31.4 Å². The van der Waals surface area contributed by atoms with Crippen molar-refractivity contribution in [3.05, 3.63) is 45.9 Å². The van der Waals surface area contributed by atoms with E-state index >= 15 is 0 Å². The first-order chi connectivity index (χ1) is 29.8. The number of rotatable bonds is 24. The lowest BCUT2D eigenvalue weighted by Gasteiger charge is -2.39. The van der Waals surface area contributed by atoms with Crippen LogP contribution in [-0.4, -0.2) is 101 Å². The van der Waals surface area contributed by atoms with E-state index in [1.54, 1.807) is 41.5 Å². The summed E-state index contributed by atoms with van der Waals surface area (Å²) < 4.78 is 10.8. The lowest BCUT2D eigenvalue weighted by molar-refractivity contribution is -0.160. The van der Waals surface area contributed by atoms with Crippen molar-refractivity contribution < 1.29 is 43.3 Å². The molecule has 352 valence electrons. The summed E-state index contributed by atoms with van der Waals surface area (Å²) in [6, 6.07) is 5.47. The van der Waals surface area contributed by atoms with Crippen LogP contribution in [0.2, 0.25) is 0 Å². The third-order valence-electron chi connectivity index (χ3n) is 11.9. The Kier molecular flexibility index (Phi) is 22.0. The van der Waals surface area contributed by atoms with Crippen molar-refractivity contribution in [2.24, 2.45) is 29.6 Å². The lowest BCUT2D eigenvalue weighted by atomic mass is 9.82. The Labute approximate surface area is 378 Å². The molecule has 1 aromatic heterocycles. The topological polar surface area (TPSA) is 197 Å². The summed E-state index contributed by atoms with van der Waals surface area (Å²) in [6.07, 6.45) is 4.73. The summed E-state index contributed by atoms with van der Waals surface area (Å²) in [6.45, 7) is 18.3. The van der Waals surface area contributed by atoms with Gasteiger partial charge in [0.15, 0.2) is 12.5 Å². The van der Waals surface area contributed by atoms with Gasteiger partial charge in [-0.3, -0.25) is 34.3 Å². The molecule has 0 saturated carbocycles.